The number of aryl methyl sites for hydroxylation is 2. The van der Waals surface area contributed by atoms with E-state index in [4.69, 9.17) is 0 Å². The molecule has 1 unspecified atom stereocenters. The number of carbonyl (C=O) groups is 1. The standard InChI is InChI=1S/C17H21N3O/c1-3-20-15(8-12(2)19-20)10-17(21)16-9-13-6-4-5-7-14(13)11-18-16/h4-8,16,18H,3,9-11H2,1-2H3. The van der Waals surface area contributed by atoms with Crippen molar-refractivity contribution in [2.45, 2.75) is 45.8 Å². The minimum atomic E-state index is -0.0830. The summed E-state index contributed by atoms with van der Waals surface area (Å²) >= 11 is 0. The quantitative estimate of drug-likeness (QED) is 0.934. The lowest BCUT2D eigenvalue weighted by atomic mass is 9.92. The van der Waals surface area contributed by atoms with Gasteiger partial charge in [-0.1, -0.05) is 24.3 Å². The summed E-state index contributed by atoms with van der Waals surface area (Å²) in [7, 11) is 0. The summed E-state index contributed by atoms with van der Waals surface area (Å²) < 4.78 is 1.92. The third kappa shape index (κ3) is 2.90. The molecule has 0 saturated heterocycles. The summed E-state index contributed by atoms with van der Waals surface area (Å²) in [5.74, 6) is 0.249. The van der Waals surface area contributed by atoms with E-state index in [9.17, 15) is 4.79 Å². The summed E-state index contributed by atoms with van der Waals surface area (Å²) in [6.45, 7) is 5.60. The summed E-state index contributed by atoms with van der Waals surface area (Å²) in [5, 5.41) is 7.77. The first-order chi connectivity index (χ1) is 10.2. The molecule has 2 heterocycles. The fourth-order valence-electron chi connectivity index (χ4n) is 3.00. The highest BCUT2D eigenvalue weighted by molar-refractivity contribution is 5.86. The van der Waals surface area contributed by atoms with Crippen molar-refractivity contribution >= 4 is 5.78 Å². The molecule has 4 heteroatoms. The molecule has 1 N–H and O–H groups in total. The maximum absolute atomic E-state index is 12.6. The summed E-state index contributed by atoms with van der Waals surface area (Å²) in [6, 6.07) is 10.3. The Balaban J connectivity index is 1.72. The first kappa shape index (κ1) is 14.0. The number of ketones is 1. The van der Waals surface area contributed by atoms with Crippen LogP contribution in [0.2, 0.25) is 0 Å². The average Bonchev–Trinajstić information content (AvgIpc) is 2.86. The van der Waals surface area contributed by atoms with Crippen LogP contribution in [0.1, 0.15) is 29.4 Å². The number of hydrogen-bond acceptors (Lipinski definition) is 3. The second-order valence-electron chi connectivity index (χ2n) is 5.64. The molecule has 1 aliphatic rings. The van der Waals surface area contributed by atoms with Crippen LogP contribution in [0.15, 0.2) is 30.3 Å². The van der Waals surface area contributed by atoms with Gasteiger partial charge < -0.3 is 5.32 Å². The highest BCUT2D eigenvalue weighted by Gasteiger charge is 2.24. The number of aromatic nitrogens is 2. The van der Waals surface area contributed by atoms with Crippen molar-refractivity contribution in [3.63, 3.8) is 0 Å². The van der Waals surface area contributed by atoms with Crippen LogP contribution in [0.25, 0.3) is 0 Å². The predicted octanol–water partition coefficient (Wildman–Crippen LogP) is 2.04. The van der Waals surface area contributed by atoms with Crippen molar-refractivity contribution < 1.29 is 4.79 Å². The maximum atomic E-state index is 12.6. The fourth-order valence-corrected chi connectivity index (χ4v) is 3.00. The predicted molar refractivity (Wildman–Crippen MR) is 82.1 cm³/mol. The number of Topliss-reactive ketones (excluding diaryl/α,β-unsaturated/α-hetero) is 1. The maximum Gasteiger partial charge on any atom is 0.156 e. The molecule has 1 aromatic heterocycles. The van der Waals surface area contributed by atoms with E-state index in [0.717, 1.165) is 30.9 Å². The van der Waals surface area contributed by atoms with Gasteiger partial charge in [-0.05, 0) is 37.5 Å². The van der Waals surface area contributed by atoms with Gasteiger partial charge in [-0.15, -0.1) is 0 Å². The van der Waals surface area contributed by atoms with Crippen LogP contribution in [-0.2, 0) is 30.7 Å². The lowest BCUT2D eigenvalue weighted by Gasteiger charge is -2.25. The van der Waals surface area contributed by atoms with E-state index in [1.165, 1.54) is 11.1 Å². The second kappa shape index (κ2) is 5.82. The van der Waals surface area contributed by atoms with Gasteiger partial charge in [-0.25, -0.2) is 0 Å². The van der Waals surface area contributed by atoms with Crippen LogP contribution in [0.3, 0.4) is 0 Å². The molecule has 3 rings (SSSR count). The Morgan fingerprint density at radius 2 is 2.14 bits per heavy atom. The molecule has 0 radical (unpaired) electrons. The van der Waals surface area contributed by atoms with E-state index in [1.807, 2.05) is 29.8 Å². The average molecular weight is 283 g/mol. The van der Waals surface area contributed by atoms with Crippen molar-refractivity contribution in [3.8, 4) is 0 Å². The van der Waals surface area contributed by atoms with E-state index in [1.54, 1.807) is 0 Å². The zero-order valence-electron chi connectivity index (χ0n) is 12.6. The first-order valence-electron chi connectivity index (χ1n) is 7.53. The van der Waals surface area contributed by atoms with E-state index in [2.05, 4.69) is 29.5 Å². The molecule has 1 aliphatic heterocycles. The highest BCUT2D eigenvalue weighted by Crippen LogP contribution is 2.18. The third-order valence-corrected chi connectivity index (χ3v) is 4.11. The van der Waals surface area contributed by atoms with Gasteiger partial charge in [0.15, 0.2) is 5.78 Å². The number of rotatable bonds is 4. The minimum absolute atomic E-state index is 0.0830. The Morgan fingerprint density at radius 1 is 1.38 bits per heavy atom. The van der Waals surface area contributed by atoms with Crippen LogP contribution in [0, 0.1) is 6.92 Å². The molecular weight excluding hydrogens is 262 g/mol. The zero-order chi connectivity index (χ0) is 14.8. The Bertz CT molecular complexity index is 660. The Hall–Kier alpha value is -1.94. The van der Waals surface area contributed by atoms with E-state index < -0.39 is 0 Å². The number of benzene rings is 1. The van der Waals surface area contributed by atoms with Crippen molar-refractivity contribution in [1.82, 2.24) is 15.1 Å². The topological polar surface area (TPSA) is 46.9 Å². The minimum Gasteiger partial charge on any atom is -0.303 e. The highest BCUT2D eigenvalue weighted by atomic mass is 16.1. The molecule has 1 aromatic carbocycles. The number of fused-ring (bicyclic) bond motifs is 1. The number of nitrogens with one attached hydrogen (secondary N) is 1. The molecule has 110 valence electrons. The van der Waals surface area contributed by atoms with Gasteiger partial charge >= 0.3 is 0 Å². The van der Waals surface area contributed by atoms with Gasteiger partial charge in [-0.3, -0.25) is 9.48 Å². The molecular formula is C17H21N3O. The van der Waals surface area contributed by atoms with Crippen molar-refractivity contribution in [1.29, 1.82) is 0 Å². The van der Waals surface area contributed by atoms with E-state index in [0.29, 0.717) is 6.42 Å². The molecule has 0 amide bonds. The van der Waals surface area contributed by atoms with E-state index >= 15 is 0 Å². The monoisotopic (exact) mass is 283 g/mol. The summed E-state index contributed by atoms with van der Waals surface area (Å²) in [5.41, 5.74) is 4.58. The van der Waals surface area contributed by atoms with Crippen LogP contribution in [0.4, 0.5) is 0 Å². The normalized spacial score (nSPS) is 17.5. The second-order valence-corrected chi connectivity index (χ2v) is 5.64. The summed E-state index contributed by atoms with van der Waals surface area (Å²) in [6.07, 6.45) is 1.24. The number of nitrogens with zero attached hydrogens (tertiary/aromatic N) is 2. The van der Waals surface area contributed by atoms with Crippen LogP contribution in [0.5, 0.6) is 0 Å². The van der Waals surface area contributed by atoms with Crippen LogP contribution >= 0.6 is 0 Å². The van der Waals surface area contributed by atoms with Crippen molar-refractivity contribution in [2.75, 3.05) is 0 Å². The van der Waals surface area contributed by atoms with Crippen LogP contribution in [-0.4, -0.2) is 21.6 Å². The van der Waals surface area contributed by atoms with Gasteiger partial charge in [0, 0.05) is 18.8 Å². The van der Waals surface area contributed by atoms with Crippen molar-refractivity contribution in [3.05, 3.63) is 52.8 Å². The zero-order valence-corrected chi connectivity index (χ0v) is 12.6. The fraction of sp³-hybridized carbons (Fsp3) is 0.412. The molecule has 21 heavy (non-hydrogen) atoms. The molecule has 0 aliphatic carbocycles. The Morgan fingerprint density at radius 3 is 2.90 bits per heavy atom. The largest absolute Gasteiger partial charge is 0.303 e. The summed E-state index contributed by atoms with van der Waals surface area (Å²) in [4.78, 5) is 12.6. The molecule has 0 spiro atoms. The SMILES string of the molecule is CCn1nc(C)cc1CC(=O)C1Cc2ccccc2CN1. The first-order valence-corrected chi connectivity index (χ1v) is 7.53. The Labute approximate surface area is 125 Å². The molecule has 2 aromatic rings. The van der Waals surface area contributed by atoms with Gasteiger partial charge in [0.2, 0.25) is 0 Å². The number of carbonyl (C=O) groups excluding carboxylic acids is 1. The molecule has 0 saturated carbocycles. The van der Waals surface area contributed by atoms with E-state index in [-0.39, 0.29) is 11.8 Å². The molecule has 1 atom stereocenters. The van der Waals surface area contributed by atoms with Gasteiger partial charge in [0.05, 0.1) is 18.2 Å². The van der Waals surface area contributed by atoms with Crippen molar-refractivity contribution in [2.24, 2.45) is 0 Å². The van der Waals surface area contributed by atoms with Gasteiger partial charge in [-0.2, -0.15) is 5.10 Å². The lowest BCUT2D eigenvalue weighted by Crippen LogP contribution is -2.42. The Kier molecular flexibility index (Phi) is 3.88. The molecule has 4 nitrogen and oxygen atoms in total. The smallest absolute Gasteiger partial charge is 0.156 e. The molecule has 0 bridgehead atoms. The van der Waals surface area contributed by atoms with Gasteiger partial charge in [0.1, 0.15) is 0 Å². The third-order valence-electron chi connectivity index (χ3n) is 4.11. The molecule has 0 fully saturated rings. The lowest BCUT2D eigenvalue weighted by molar-refractivity contribution is -0.120. The number of hydrogen-bond donors (Lipinski definition) is 1. The van der Waals surface area contributed by atoms with Crippen LogP contribution < -0.4 is 5.32 Å². The van der Waals surface area contributed by atoms with Gasteiger partial charge in [0.25, 0.3) is 0 Å².